The van der Waals surface area contributed by atoms with E-state index >= 15 is 0 Å². The van der Waals surface area contributed by atoms with E-state index in [9.17, 15) is 5.11 Å². The van der Waals surface area contributed by atoms with Crippen LogP contribution in [0, 0.1) is 0 Å². The van der Waals surface area contributed by atoms with Gasteiger partial charge in [-0.15, -0.1) is 11.3 Å². The second kappa shape index (κ2) is 3.20. The van der Waals surface area contributed by atoms with Crippen LogP contribution in [-0.2, 0) is 6.42 Å². The van der Waals surface area contributed by atoms with E-state index < -0.39 is 0 Å². The molecule has 1 aromatic carbocycles. The molecule has 0 saturated carbocycles. The second-order valence-electron chi connectivity index (χ2n) is 2.92. The van der Waals surface area contributed by atoms with Crippen molar-refractivity contribution in [3.05, 3.63) is 28.1 Å². The van der Waals surface area contributed by atoms with Crippen molar-refractivity contribution in [2.24, 2.45) is 0 Å². The van der Waals surface area contributed by atoms with Gasteiger partial charge in [0.1, 0.15) is 5.75 Å². The number of fused-ring (bicyclic) bond motifs is 1. The lowest BCUT2D eigenvalue weighted by atomic mass is 10.1. The van der Waals surface area contributed by atoms with Gasteiger partial charge in [-0.05, 0) is 35.6 Å². The smallest absolute Gasteiger partial charge is 0.120 e. The van der Waals surface area contributed by atoms with Gasteiger partial charge in [-0.1, -0.05) is 18.5 Å². The third kappa shape index (κ3) is 1.52. The number of benzene rings is 1. The third-order valence-electron chi connectivity index (χ3n) is 2.07. The average Bonchev–Trinajstić information content (AvgIpc) is 2.42. The minimum Gasteiger partial charge on any atom is -0.508 e. The monoisotopic (exact) mass is 212 g/mol. The molecule has 0 spiro atoms. The summed E-state index contributed by atoms with van der Waals surface area (Å²) in [6.07, 6.45) is 0.842. The molecule has 1 aromatic heterocycles. The molecular formula is C10H9ClOS. The summed E-state index contributed by atoms with van der Waals surface area (Å²) in [5.41, 5.74) is 0.974. The van der Waals surface area contributed by atoms with Gasteiger partial charge in [-0.3, -0.25) is 0 Å². The number of phenolic OH excluding ortho intramolecular Hbond substituents is 1. The predicted molar refractivity (Wildman–Crippen MR) is 57.9 cm³/mol. The number of rotatable bonds is 1. The number of phenols is 1. The van der Waals surface area contributed by atoms with Crippen LogP contribution in [0.25, 0.3) is 10.1 Å². The van der Waals surface area contributed by atoms with Crippen LogP contribution in [0.2, 0.25) is 4.34 Å². The number of hydrogen-bond acceptors (Lipinski definition) is 2. The highest BCUT2D eigenvalue weighted by Gasteiger charge is 2.04. The van der Waals surface area contributed by atoms with Crippen LogP contribution in [0.3, 0.4) is 0 Å². The highest BCUT2D eigenvalue weighted by molar-refractivity contribution is 7.22. The van der Waals surface area contributed by atoms with Gasteiger partial charge in [0.15, 0.2) is 0 Å². The topological polar surface area (TPSA) is 20.2 Å². The Morgan fingerprint density at radius 3 is 2.85 bits per heavy atom. The molecule has 0 aliphatic carbocycles. The molecule has 0 saturated heterocycles. The number of thiophene rings is 1. The van der Waals surface area contributed by atoms with Crippen molar-refractivity contribution >= 4 is 33.0 Å². The molecular weight excluding hydrogens is 204 g/mol. The van der Waals surface area contributed by atoms with E-state index in [0.29, 0.717) is 5.75 Å². The Morgan fingerprint density at radius 1 is 1.38 bits per heavy atom. The molecule has 68 valence electrons. The molecule has 0 aliphatic rings. The first-order valence-electron chi connectivity index (χ1n) is 4.11. The molecule has 2 rings (SSSR count). The number of hydrogen-bond donors (Lipinski definition) is 1. The van der Waals surface area contributed by atoms with Crippen LogP contribution in [0.5, 0.6) is 5.75 Å². The largest absolute Gasteiger partial charge is 0.508 e. The van der Waals surface area contributed by atoms with Gasteiger partial charge in [0.2, 0.25) is 0 Å². The fourth-order valence-corrected chi connectivity index (χ4v) is 2.54. The Balaban J connectivity index is 2.72. The summed E-state index contributed by atoms with van der Waals surface area (Å²) in [7, 11) is 0. The third-order valence-corrected chi connectivity index (χ3v) is 3.30. The lowest BCUT2D eigenvalue weighted by Gasteiger charge is -2.00. The first-order valence-corrected chi connectivity index (χ1v) is 5.31. The Morgan fingerprint density at radius 2 is 2.15 bits per heavy atom. The van der Waals surface area contributed by atoms with Gasteiger partial charge in [-0.2, -0.15) is 0 Å². The van der Waals surface area contributed by atoms with Crippen molar-refractivity contribution in [2.75, 3.05) is 0 Å². The average molecular weight is 213 g/mol. The van der Waals surface area contributed by atoms with Crippen LogP contribution in [0.15, 0.2) is 18.2 Å². The SMILES string of the molecule is CCc1cc2cc(Cl)sc2cc1O. The first kappa shape index (κ1) is 8.85. The van der Waals surface area contributed by atoms with E-state index in [0.717, 1.165) is 26.4 Å². The van der Waals surface area contributed by atoms with Gasteiger partial charge < -0.3 is 5.11 Å². The zero-order chi connectivity index (χ0) is 9.42. The minimum atomic E-state index is 0.369. The predicted octanol–water partition coefficient (Wildman–Crippen LogP) is 3.82. The number of aromatic hydroxyl groups is 1. The van der Waals surface area contributed by atoms with Gasteiger partial charge in [0.25, 0.3) is 0 Å². The van der Waals surface area contributed by atoms with E-state index in [1.807, 2.05) is 19.1 Å². The molecule has 0 amide bonds. The van der Waals surface area contributed by atoms with Crippen LogP contribution in [0.4, 0.5) is 0 Å². The standard InChI is InChI=1S/C10H9ClOS/c1-2-6-3-7-4-10(11)13-9(7)5-8(6)12/h3-5,12H,2H2,1H3. The molecule has 1 N–H and O–H groups in total. The summed E-state index contributed by atoms with van der Waals surface area (Å²) < 4.78 is 1.81. The molecule has 0 aliphatic heterocycles. The Bertz CT molecular complexity index is 447. The fraction of sp³-hybridized carbons (Fsp3) is 0.200. The van der Waals surface area contributed by atoms with Gasteiger partial charge in [0, 0.05) is 4.70 Å². The molecule has 0 atom stereocenters. The quantitative estimate of drug-likeness (QED) is 0.762. The van der Waals surface area contributed by atoms with Gasteiger partial charge in [-0.25, -0.2) is 0 Å². The van der Waals surface area contributed by atoms with Crippen LogP contribution in [-0.4, -0.2) is 5.11 Å². The summed E-state index contributed by atoms with van der Waals surface area (Å²) in [5, 5.41) is 10.7. The molecule has 0 radical (unpaired) electrons. The maximum atomic E-state index is 9.58. The molecule has 13 heavy (non-hydrogen) atoms. The van der Waals surface area contributed by atoms with E-state index in [-0.39, 0.29) is 0 Å². The van der Waals surface area contributed by atoms with Crippen LogP contribution >= 0.6 is 22.9 Å². The maximum Gasteiger partial charge on any atom is 0.120 e. The van der Waals surface area contributed by atoms with Crippen LogP contribution in [0.1, 0.15) is 12.5 Å². The normalized spacial score (nSPS) is 10.9. The minimum absolute atomic E-state index is 0.369. The summed E-state index contributed by atoms with van der Waals surface area (Å²) in [6, 6.07) is 5.71. The molecule has 0 unspecified atom stereocenters. The summed E-state index contributed by atoms with van der Waals surface area (Å²) in [6.45, 7) is 2.02. The van der Waals surface area contributed by atoms with E-state index in [1.165, 1.54) is 11.3 Å². The zero-order valence-electron chi connectivity index (χ0n) is 7.17. The lowest BCUT2D eigenvalue weighted by molar-refractivity contribution is 0.470. The summed E-state index contributed by atoms with van der Waals surface area (Å²) >= 11 is 7.36. The molecule has 3 heteroatoms. The zero-order valence-corrected chi connectivity index (χ0v) is 8.75. The highest BCUT2D eigenvalue weighted by atomic mass is 35.5. The van der Waals surface area contributed by atoms with Crippen molar-refractivity contribution in [1.29, 1.82) is 0 Å². The molecule has 0 bridgehead atoms. The maximum absolute atomic E-state index is 9.58. The Kier molecular flexibility index (Phi) is 2.18. The van der Waals surface area contributed by atoms with Crippen molar-refractivity contribution in [3.63, 3.8) is 0 Å². The molecule has 1 heterocycles. The Hall–Kier alpha value is -0.730. The van der Waals surface area contributed by atoms with E-state index in [2.05, 4.69) is 0 Å². The highest BCUT2D eigenvalue weighted by Crippen LogP contribution is 2.33. The lowest BCUT2D eigenvalue weighted by Crippen LogP contribution is -1.79. The van der Waals surface area contributed by atoms with E-state index in [4.69, 9.17) is 11.6 Å². The number of aryl methyl sites for hydroxylation is 1. The van der Waals surface area contributed by atoms with Crippen molar-refractivity contribution in [3.8, 4) is 5.75 Å². The fourth-order valence-electron chi connectivity index (χ4n) is 1.37. The summed E-state index contributed by atoms with van der Waals surface area (Å²) in [4.78, 5) is 0. The molecule has 2 aromatic rings. The Labute approximate surface area is 85.6 Å². The van der Waals surface area contributed by atoms with Crippen molar-refractivity contribution < 1.29 is 5.11 Å². The molecule has 0 fully saturated rings. The van der Waals surface area contributed by atoms with Crippen LogP contribution < -0.4 is 0 Å². The van der Waals surface area contributed by atoms with Gasteiger partial charge in [0.05, 0.1) is 4.34 Å². The van der Waals surface area contributed by atoms with Crippen molar-refractivity contribution in [1.82, 2.24) is 0 Å². The van der Waals surface area contributed by atoms with E-state index in [1.54, 1.807) is 6.07 Å². The van der Waals surface area contributed by atoms with Crippen molar-refractivity contribution in [2.45, 2.75) is 13.3 Å². The second-order valence-corrected chi connectivity index (χ2v) is 4.64. The first-order chi connectivity index (χ1) is 6.20. The number of halogens is 1. The van der Waals surface area contributed by atoms with Gasteiger partial charge >= 0.3 is 0 Å². The molecule has 1 nitrogen and oxygen atoms in total. The summed E-state index contributed by atoms with van der Waals surface area (Å²) in [5.74, 6) is 0.369.